The van der Waals surface area contributed by atoms with Crippen LogP contribution in [0.3, 0.4) is 0 Å². The zero-order chi connectivity index (χ0) is 10.6. The van der Waals surface area contributed by atoms with Crippen LogP contribution in [0, 0.1) is 23.2 Å². The summed E-state index contributed by atoms with van der Waals surface area (Å²) in [6.07, 6.45) is 3.78. The maximum Gasteiger partial charge on any atom is 0.239 e. The molecule has 0 aliphatic heterocycles. The summed E-state index contributed by atoms with van der Waals surface area (Å²) in [7, 11) is 0. The van der Waals surface area contributed by atoms with Crippen molar-refractivity contribution in [3.63, 3.8) is 0 Å². The Labute approximate surface area is 85.7 Å². The third-order valence-electron chi connectivity index (χ3n) is 2.96. The third kappa shape index (κ3) is 2.47. The maximum atomic E-state index is 11.7. The van der Waals surface area contributed by atoms with Gasteiger partial charge in [-0.15, -0.1) is 0 Å². The molecule has 1 rings (SSSR count). The van der Waals surface area contributed by atoms with Crippen molar-refractivity contribution >= 4 is 5.91 Å². The van der Waals surface area contributed by atoms with Crippen LogP contribution in [0.2, 0.25) is 0 Å². The van der Waals surface area contributed by atoms with Gasteiger partial charge in [-0.2, -0.15) is 5.26 Å². The van der Waals surface area contributed by atoms with Crippen molar-refractivity contribution in [3.05, 3.63) is 0 Å². The Bertz CT molecular complexity index is 240. The Morgan fingerprint density at radius 2 is 2.29 bits per heavy atom. The van der Waals surface area contributed by atoms with Crippen LogP contribution in [0.1, 0.15) is 33.1 Å². The number of nitriles is 1. The van der Waals surface area contributed by atoms with Crippen LogP contribution in [0.5, 0.6) is 0 Å². The molecule has 78 valence electrons. The van der Waals surface area contributed by atoms with E-state index in [0.29, 0.717) is 5.92 Å². The van der Waals surface area contributed by atoms with E-state index in [0.717, 1.165) is 13.1 Å². The molecule has 0 aromatic carbocycles. The van der Waals surface area contributed by atoms with Crippen LogP contribution in [0.25, 0.3) is 0 Å². The molecule has 1 atom stereocenters. The van der Waals surface area contributed by atoms with Crippen LogP contribution in [-0.2, 0) is 4.79 Å². The fraction of sp³-hybridized carbons (Fsp3) is 0.818. The predicted molar refractivity (Wildman–Crippen MR) is 54.4 cm³/mol. The highest BCUT2D eigenvalue weighted by molar-refractivity contribution is 5.80. The molecule has 0 saturated heterocycles. The number of hydrogen-bond donors (Lipinski definition) is 0. The Balaban J connectivity index is 2.44. The Morgan fingerprint density at radius 3 is 2.64 bits per heavy atom. The highest BCUT2D eigenvalue weighted by Gasteiger charge is 2.25. The molecule has 1 amide bonds. The second-order valence-electron chi connectivity index (χ2n) is 4.02. The lowest BCUT2D eigenvalue weighted by Gasteiger charge is -2.32. The lowest BCUT2D eigenvalue weighted by Crippen LogP contribution is -2.39. The van der Waals surface area contributed by atoms with Gasteiger partial charge < -0.3 is 4.90 Å². The molecule has 1 aliphatic rings. The van der Waals surface area contributed by atoms with E-state index in [1.54, 1.807) is 6.92 Å². The quantitative estimate of drug-likeness (QED) is 0.685. The van der Waals surface area contributed by atoms with Crippen molar-refractivity contribution in [2.45, 2.75) is 33.1 Å². The van der Waals surface area contributed by atoms with Crippen molar-refractivity contribution < 1.29 is 4.79 Å². The minimum absolute atomic E-state index is 0.0121. The molecular weight excluding hydrogens is 176 g/mol. The minimum atomic E-state index is -0.491. The summed E-state index contributed by atoms with van der Waals surface area (Å²) in [5.41, 5.74) is 0. The Hall–Kier alpha value is -1.04. The number of rotatable bonds is 4. The van der Waals surface area contributed by atoms with Gasteiger partial charge in [0.15, 0.2) is 0 Å². The first kappa shape index (κ1) is 11.0. The molecule has 1 aliphatic carbocycles. The van der Waals surface area contributed by atoms with Crippen LogP contribution >= 0.6 is 0 Å². The number of amides is 1. The van der Waals surface area contributed by atoms with E-state index >= 15 is 0 Å². The number of carbonyl (C=O) groups is 1. The van der Waals surface area contributed by atoms with Gasteiger partial charge in [0.2, 0.25) is 5.91 Å². The number of hydrogen-bond acceptors (Lipinski definition) is 2. The zero-order valence-electron chi connectivity index (χ0n) is 8.99. The van der Waals surface area contributed by atoms with Crippen molar-refractivity contribution in [2.75, 3.05) is 13.1 Å². The van der Waals surface area contributed by atoms with Crippen LogP contribution < -0.4 is 0 Å². The topological polar surface area (TPSA) is 44.1 Å². The van der Waals surface area contributed by atoms with Gasteiger partial charge in [0.05, 0.1) is 6.07 Å². The zero-order valence-corrected chi connectivity index (χ0v) is 8.99. The largest absolute Gasteiger partial charge is 0.342 e. The van der Waals surface area contributed by atoms with Gasteiger partial charge in [0.25, 0.3) is 0 Å². The summed E-state index contributed by atoms with van der Waals surface area (Å²) in [6.45, 7) is 5.22. The summed E-state index contributed by atoms with van der Waals surface area (Å²) in [6, 6.07) is 2.00. The van der Waals surface area contributed by atoms with Crippen molar-refractivity contribution in [2.24, 2.45) is 11.8 Å². The molecule has 3 nitrogen and oxygen atoms in total. The summed E-state index contributed by atoms with van der Waals surface area (Å²) < 4.78 is 0. The molecule has 14 heavy (non-hydrogen) atoms. The molecule has 0 bridgehead atoms. The number of nitrogens with zero attached hydrogens (tertiary/aromatic N) is 2. The average molecular weight is 194 g/mol. The molecule has 0 spiro atoms. The van der Waals surface area contributed by atoms with E-state index in [9.17, 15) is 4.79 Å². The fourth-order valence-electron chi connectivity index (χ4n) is 1.69. The minimum Gasteiger partial charge on any atom is -0.342 e. The fourth-order valence-corrected chi connectivity index (χ4v) is 1.69. The van der Waals surface area contributed by atoms with E-state index in [1.807, 2.05) is 17.9 Å². The first-order valence-electron chi connectivity index (χ1n) is 5.37. The van der Waals surface area contributed by atoms with Crippen molar-refractivity contribution in [3.8, 4) is 6.07 Å². The normalized spacial score (nSPS) is 18.1. The average Bonchev–Trinajstić information content (AvgIpc) is 2.14. The van der Waals surface area contributed by atoms with E-state index < -0.39 is 5.92 Å². The summed E-state index contributed by atoms with van der Waals surface area (Å²) in [5.74, 6) is 0.182. The Kier molecular flexibility index (Phi) is 3.94. The number of carbonyl (C=O) groups excluding carboxylic acids is 1. The van der Waals surface area contributed by atoms with Gasteiger partial charge in [0.1, 0.15) is 5.92 Å². The Morgan fingerprint density at radius 1 is 1.64 bits per heavy atom. The van der Waals surface area contributed by atoms with Crippen molar-refractivity contribution in [1.82, 2.24) is 4.90 Å². The SMILES string of the molecule is CCN(CC1CCC1)C(=O)C(C)C#N. The van der Waals surface area contributed by atoms with E-state index in [1.165, 1.54) is 19.3 Å². The first-order valence-corrected chi connectivity index (χ1v) is 5.37. The van der Waals surface area contributed by atoms with Gasteiger partial charge in [-0.05, 0) is 32.6 Å². The van der Waals surface area contributed by atoms with E-state index in [2.05, 4.69) is 0 Å². The van der Waals surface area contributed by atoms with Crippen LogP contribution in [0.4, 0.5) is 0 Å². The summed E-state index contributed by atoms with van der Waals surface area (Å²) in [4.78, 5) is 13.5. The molecule has 0 N–H and O–H groups in total. The second kappa shape index (κ2) is 4.99. The highest BCUT2D eigenvalue weighted by atomic mass is 16.2. The highest BCUT2D eigenvalue weighted by Crippen LogP contribution is 2.27. The van der Waals surface area contributed by atoms with Gasteiger partial charge in [-0.1, -0.05) is 6.42 Å². The van der Waals surface area contributed by atoms with Gasteiger partial charge in [0, 0.05) is 13.1 Å². The molecule has 3 heteroatoms. The lowest BCUT2D eigenvalue weighted by atomic mass is 9.85. The van der Waals surface area contributed by atoms with Crippen LogP contribution in [-0.4, -0.2) is 23.9 Å². The summed E-state index contributed by atoms with van der Waals surface area (Å²) >= 11 is 0. The van der Waals surface area contributed by atoms with E-state index in [4.69, 9.17) is 5.26 Å². The molecule has 0 aromatic rings. The molecule has 0 aromatic heterocycles. The molecule has 1 unspecified atom stereocenters. The van der Waals surface area contributed by atoms with Crippen LogP contribution in [0.15, 0.2) is 0 Å². The smallest absolute Gasteiger partial charge is 0.239 e. The molecule has 0 radical (unpaired) electrons. The molecule has 0 heterocycles. The predicted octanol–water partition coefficient (Wildman–Crippen LogP) is 1.79. The second-order valence-corrected chi connectivity index (χ2v) is 4.02. The molecular formula is C11H18N2O. The van der Waals surface area contributed by atoms with Gasteiger partial charge >= 0.3 is 0 Å². The molecule has 1 saturated carbocycles. The lowest BCUT2D eigenvalue weighted by molar-refractivity contribution is -0.134. The van der Waals surface area contributed by atoms with Gasteiger partial charge in [-0.25, -0.2) is 0 Å². The summed E-state index contributed by atoms with van der Waals surface area (Å²) in [5, 5.41) is 8.66. The first-order chi connectivity index (χ1) is 6.69. The van der Waals surface area contributed by atoms with E-state index in [-0.39, 0.29) is 5.91 Å². The standard InChI is InChI=1S/C11H18N2O/c1-3-13(8-10-5-4-6-10)11(14)9(2)7-12/h9-10H,3-6,8H2,1-2H3. The third-order valence-corrected chi connectivity index (χ3v) is 2.96. The monoisotopic (exact) mass is 194 g/mol. The van der Waals surface area contributed by atoms with Crippen molar-refractivity contribution in [1.29, 1.82) is 5.26 Å². The molecule has 1 fully saturated rings. The maximum absolute atomic E-state index is 11.7. The van der Waals surface area contributed by atoms with Gasteiger partial charge in [-0.3, -0.25) is 4.79 Å².